The van der Waals surface area contributed by atoms with Crippen LogP contribution in [0.25, 0.3) is 0 Å². The number of nitrogens with one attached hydrogen (secondary N) is 1. The number of carbonyl (C=O) groups excluding carboxylic acids is 3. The minimum Gasteiger partial charge on any atom is -0.360 e. The van der Waals surface area contributed by atoms with Crippen LogP contribution in [0.15, 0.2) is 36.4 Å². The molecule has 146 valence electrons. The summed E-state index contributed by atoms with van der Waals surface area (Å²) in [5.74, 6) is -2.04. The molecule has 5 rings (SSSR count). The molecule has 4 heterocycles. The Balaban J connectivity index is 1.38. The molecule has 28 heavy (non-hydrogen) atoms. The van der Waals surface area contributed by atoms with Gasteiger partial charge in [0.15, 0.2) is 0 Å². The Kier molecular flexibility index (Phi) is 3.80. The van der Waals surface area contributed by atoms with Crippen LogP contribution in [0, 0.1) is 17.7 Å². The van der Waals surface area contributed by atoms with Gasteiger partial charge in [0.1, 0.15) is 11.4 Å². The third kappa shape index (κ3) is 2.55. The van der Waals surface area contributed by atoms with E-state index in [0.29, 0.717) is 26.2 Å². The van der Waals surface area contributed by atoms with E-state index in [9.17, 15) is 18.8 Å². The van der Waals surface area contributed by atoms with Crippen LogP contribution in [-0.2, 0) is 25.7 Å². The molecule has 8 heteroatoms. The number of amides is 3. The molecule has 1 N–H and O–H groups in total. The normalized spacial score (nSPS) is 33.4. The summed E-state index contributed by atoms with van der Waals surface area (Å²) in [5.41, 5.74) is 0.0281. The van der Waals surface area contributed by atoms with Crippen LogP contribution in [0.1, 0.15) is 5.56 Å². The minimum atomic E-state index is -0.792. The van der Waals surface area contributed by atoms with E-state index in [0.717, 1.165) is 5.56 Å². The lowest BCUT2D eigenvalue weighted by Gasteiger charge is -2.32. The average Bonchev–Trinajstić information content (AvgIpc) is 3.31. The third-order valence-corrected chi connectivity index (χ3v) is 6.10. The first kappa shape index (κ1) is 17.4. The molecule has 4 atom stereocenters. The second-order valence-electron chi connectivity index (χ2n) is 7.83. The van der Waals surface area contributed by atoms with Crippen LogP contribution in [0.4, 0.5) is 4.39 Å². The van der Waals surface area contributed by atoms with Crippen LogP contribution in [-0.4, -0.2) is 65.4 Å². The van der Waals surface area contributed by atoms with Crippen LogP contribution < -0.4 is 5.32 Å². The van der Waals surface area contributed by atoms with Crippen molar-refractivity contribution < 1.29 is 23.5 Å². The van der Waals surface area contributed by atoms with Gasteiger partial charge in [-0.2, -0.15) is 0 Å². The third-order valence-electron chi connectivity index (χ3n) is 6.10. The van der Waals surface area contributed by atoms with E-state index in [1.165, 1.54) is 17.0 Å². The lowest BCUT2D eigenvalue weighted by Crippen LogP contribution is -2.54. The smallest absolute Gasteiger partial charge is 0.239 e. The molecular weight excluding hydrogens is 365 g/mol. The van der Waals surface area contributed by atoms with Gasteiger partial charge in [-0.1, -0.05) is 24.3 Å². The summed E-state index contributed by atoms with van der Waals surface area (Å²) in [6.45, 7) is 1.57. The molecule has 1 aromatic rings. The zero-order valence-corrected chi connectivity index (χ0v) is 15.1. The highest BCUT2D eigenvalue weighted by atomic mass is 19.1. The van der Waals surface area contributed by atoms with Crippen LogP contribution in [0.2, 0.25) is 0 Å². The van der Waals surface area contributed by atoms with Gasteiger partial charge in [0.25, 0.3) is 0 Å². The lowest BCUT2D eigenvalue weighted by molar-refractivity contribution is -0.146. The van der Waals surface area contributed by atoms with Crippen LogP contribution in [0.5, 0.6) is 0 Å². The summed E-state index contributed by atoms with van der Waals surface area (Å²) < 4.78 is 19.3. The maximum Gasteiger partial charge on any atom is 0.239 e. The molecule has 3 saturated heterocycles. The molecule has 0 saturated carbocycles. The van der Waals surface area contributed by atoms with Crippen molar-refractivity contribution in [2.45, 2.75) is 18.2 Å². The van der Waals surface area contributed by atoms with Gasteiger partial charge in [-0.3, -0.25) is 14.4 Å². The summed E-state index contributed by atoms with van der Waals surface area (Å²) in [4.78, 5) is 41.2. The molecule has 3 amide bonds. The Labute approximate surface area is 161 Å². The highest BCUT2D eigenvalue weighted by molar-refractivity contribution is 5.94. The van der Waals surface area contributed by atoms with Crippen molar-refractivity contribution in [2.75, 3.05) is 26.2 Å². The number of rotatable bonds is 3. The molecule has 7 nitrogen and oxygen atoms in total. The van der Waals surface area contributed by atoms with Gasteiger partial charge < -0.3 is 19.9 Å². The van der Waals surface area contributed by atoms with Crippen molar-refractivity contribution in [3.8, 4) is 0 Å². The number of hydrogen-bond donors (Lipinski definition) is 1. The Bertz CT molecular complexity index is 886. The average molecular weight is 385 g/mol. The predicted octanol–water partition coefficient (Wildman–Crippen LogP) is 0.0661. The fraction of sp³-hybridized carbons (Fsp3) is 0.450. The fourth-order valence-corrected chi connectivity index (χ4v) is 4.84. The highest BCUT2D eigenvalue weighted by Crippen LogP contribution is 2.52. The molecule has 4 aliphatic rings. The van der Waals surface area contributed by atoms with Crippen molar-refractivity contribution in [3.05, 3.63) is 47.8 Å². The Morgan fingerprint density at radius 2 is 2.07 bits per heavy atom. The predicted molar refractivity (Wildman–Crippen MR) is 95.1 cm³/mol. The number of nitrogens with zero attached hydrogens (tertiary/aromatic N) is 2. The minimum absolute atomic E-state index is 0.0129. The van der Waals surface area contributed by atoms with Crippen molar-refractivity contribution in [1.29, 1.82) is 0 Å². The summed E-state index contributed by atoms with van der Waals surface area (Å²) in [6.07, 6.45) is 3.33. The van der Waals surface area contributed by atoms with Gasteiger partial charge in [0.2, 0.25) is 17.7 Å². The molecule has 1 aromatic carbocycles. The first-order valence-electron chi connectivity index (χ1n) is 9.43. The maximum atomic E-state index is 13.2. The van der Waals surface area contributed by atoms with Gasteiger partial charge in [-0.25, -0.2) is 4.39 Å². The Morgan fingerprint density at radius 1 is 1.29 bits per heavy atom. The van der Waals surface area contributed by atoms with Gasteiger partial charge >= 0.3 is 0 Å². The number of benzene rings is 1. The number of halogens is 1. The van der Waals surface area contributed by atoms with E-state index in [-0.39, 0.29) is 30.1 Å². The number of hydrogen-bond acceptors (Lipinski definition) is 4. The molecule has 0 radical (unpaired) electrons. The lowest BCUT2D eigenvalue weighted by atomic mass is 9.76. The van der Waals surface area contributed by atoms with Crippen LogP contribution >= 0.6 is 0 Å². The topological polar surface area (TPSA) is 79.0 Å². The Morgan fingerprint density at radius 3 is 2.82 bits per heavy atom. The SMILES string of the molecule is O=C1CN(C(=O)[C@H]2[C@@H]3C=C[C@@]4(CN(Cc5ccc(F)cc5)C(=O)[C@@H]24)O3)CCN1. The van der Waals surface area contributed by atoms with Gasteiger partial charge in [-0.05, 0) is 17.7 Å². The van der Waals surface area contributed by atoms with E-state index in [1.54, 1.807) is 17.0 Å². The second-order valence-corrected chi connectivity index (χ2v) is 7.83. The molecule has 1 spiro atoms. The standard InChI is InChI=1S/C20H20FN3O4/c21-13-3-1-12(2-4-13)9-24-11-20-6-5-14(28-20)16(17(20)19(24)27)18(26)23-8-7-22-15(25)10-23/h1-6,14,16-17H,7-11H2,(H,22,25)/t14-,16-,17+,20-/m0/s1. The summed E-state index contributed by atoms with van der Waals surface area (Å²) in [6, 6.07) is 6.03. The highest BCUT2D eigenvalue weighted by Gasteiger charge is 2.67. The summed E-state index contributed by atoms with van der Waals surface area (Å²) in [5, 5.41) is 2.70. The number of carbonyl (C=O) groups is 3. The van der Waals surface area contributed by atoms with E-state index < -0.39 is 23.5 Å². The first-order valence-corrected chi connectivity index (χ1v) is 9.43. The van der Waals surface area contributed by atoms with E-state index >= 15 is 0 Å². The van der Waals surface area contributed by atoms with E-state index in [4.69, 9.17) is 4.74 Å². The number of piperazine rings is 1. The summed E-state index contributed by atoms with van der Waals surface area (Å²) in [7, 11) is 0. The zero-order chi connectivity index (χ0) is 19.5. The molecule has 0 aromatic heterocycles. The van der Waals surface area contributed by atoms with Gasteiger partial charge in [-0.15, -0.1) is 0 Å². The fourth-order valence-electron chi connectivity index (χ4n) is 4.84. The van der Waals surface area contributed by atoms with Crippen molar-refractivity contribution in [3.63, 3.8) is 0 Å². The summed E-state index contributed by atoms with van der Waals surface area (Å²) >= 11 is 0. The second kappa shape index (κ2) is 6.13. The monoisotopic (exact) mass is 385 g/mol. The number of ether oxygens (including phenoxy) is 1. The molecule has 4 aliphatic heterocycles. The van der Waals surface area contributed by atoms with E-state index in [2.05, 4.69) is 5.32 Å². The number of fused-ring (bicyclic) bond motifs is 1. The quantitative estimate of drug-likeness (QED) is 0.747. The maximum absolute atomic E-state index is 13.2. The largest absolute Gasteiger partial charge is 0.360 e. The Hall–Kier alpha value is -2.74. The van der Waals surface area contributed by atoms with Crippen molar-refractivity contribution >= 4 is 17.7 Å². The van der Waals surface area contributed by atoms with Gasteiger partial charge in [0.05, 0.1) is 31.0 Å². The molecule has 2 bridgehead atoms. The molecule has 0 unspecified atom stereocenters. The van der Waals surface area contributed by atoms with Crippen molar-refractivity contribution in [1.82, 2.24) is 15.1 Å². The molecular formula is C20H20FN3O4. The molecule has 3 fully saturated rings. The van der Waals surface area contributed by atoms with Gasteiger partial charge in [0, 0.05) is 19.6 Å². The number of likely N-dealkylation sites (tertiary alicyclic amines) is 1. The zero-order valence-electron chi connectivity index (χ0n) is 15.1. The van der Waals surface area contributed by atoms with Crippen LogP contribution in [0.3, 0.4) is 0 Å². The molecule has 0 aliphatic carbocycles. The first-order chi connectivity index (χ1) is 13.5. The van der Waals surface area contributed by atoms with Crippen molar-refractivity contribution in [2.24, 2.45) is 11.8 Å². The van der Waals surface area contributed by atoms with E-state index in [1.807, 2.05) is 12.2 Å².